The summed E-state index contributed by atoms with van der Waals surface area (Å²) < 4.78 is 10.9. The molecule has 1 aromatic rings. The number of amides is 2. The van der Waals surface area contributed by atoms with Crippen molar-refractivity contribution in [2.75, 3.05) is 45.9 Å². The van der Waals surface area contributed by atoms with Gasteiger partial charge in [-0.25, -0.2) is 4.79 Å². The van der Waals surface area contributed by atoms with Gasteiger partial charge in [0.2, 0.25) is 5.91 Å². The molecule has 1 aromatic carbocycles. The zero-order valence-electron chi connectivity index (χ0n) is 20.6. The highest BCUT2D eigenvalue weighted by Crippen LogP contribution is 2.19. The first-order valence-corrected chi connectivity index (χ1v) is 12.4. The third kappa shape index (κ3) is 8.97. The molecule has 1 atom stereocenters. The number of carbonyl (C=O) groups excluding carboxylic acids is 2. The van der Waals surface area contributed by atoms with E-state index in [4.69, 9.17) is 9.47 Å². The molecule has 2 amide bonds. The van der Waals surface area contributed by atoms with Crippen LogP contribution in [0.3, 0.4) is 0 Å². The van der Waals surface area contributed by atoms with Crippen molar-refractivity contribution in [2.24, 2.45) is 5.92 Å². The van der Waals surface area contributed by atoms with Crippen LogP contribution in [0.5, 0.6) is 0 Å². The minimum atomic E-state index is -0.511. The number of nitrogens with zero attached hydrogens (tertiary/aromatic N) is 2. The molecule has 2 fully saturated rings. The van der Waals surface area contributed by atoms with Crippen molar-refractivity contribution in [3.8, 4) is 0 Å². The molecular weight excluding hydrogens is 418 g/mol. The minimum Gasteiger partial charge on any atom is -0.444 e. The molecule has 33 heavy (non-hydrogen) atoms. The van der Waals surface area contributed by atoms with Crippen LogP contribution in [-0.2, 0) is 20.7 Å². The van der Waals surface area contributed by atoms with E-state index >= 15 is 0 Å². The Balaban J connectivity index is 1.43. The van der Waals surface area contributed by atoms with E-state index in [-0.39, 0.29) is 18.1 Å². The lowest BCUT2D eigenvalue weighted by atomic mass is 9.98. The fourth-order valence-electron chi connectivity index (χ4n) is 4.55. The van der Waals surface area contributed by atoms with E-state index in [0.29, 0.717) is 19.1 Å². The second-order valence-electron chi connectivity index (χ2n) is 10.2. The zero-order chi connectivity index (χ0) is 23.7. The number of carbonyl (C=O) groups is 2. The topological polar surface area (TPSA) is 71.1 Å². The third-order valence-corrected chi connectivity index (χ3v) is 6.33. The fraction of sp³-hybridized carbons (Fsp3) is 0.692. The van der Waals surface area contributed by atoms with Crippen LogP contribution >= 0.6 is 0 Å². The summed E-state index contributed by atoms with van der Waals surface area (Å²) >= 11 is 0. The Morgan fingerprint density at radius 1 is 1.09 bits per heavy atom. The molecule has 184 valence electrons. The van der Waals surface area contributed by atoms with Crippen molar-refractivity contribution >= 4 is 12.0 Å². The first kappa shape index (κ1) is 25.5. The highest BCUT2D eigenvalue weighted by molar-refractivity contribution is 5.79. The summed E-state index contributed by atoms with van der Waals surface area (Å²) in [7, 11) is 0. The van der Waals surface area contributed by atoms with Gasteiger partial charge in [-0.05, 0) is 65.0 Å². The van der Waals surface area contributed by atoms with Crippen molar-refractivity contribution in [1.82, 2.24) is 15.1 Å². The average Bonchev–Trinajstić information content (AvgIpc) is 2.79. The van der Waals surface area contributed by atoms with Crippen LogP contribution in [0.15, 0.2) is 30.3 Å². The molecule has 0 aromatic heterocycles. The number of ether oxygens (including phenoxy) is 2. The van der Waals surface area contributed by atoms with E-state index in [1.54, 1.807) is 0 Å². The molecule has 2 aliphatic rings. The van der Waals surface area contributed by atoms with Gasteiger partial charge in [0, 0.05) is 51.4 Å². The molecule has 0 saturated carbocycles. The molecule has 2 saturated heterocycles. The van der Waals surface area contributed by atoms with E-state index in [1.165, 1.54) is 5.56 Å². The predicted molar refractivity (Wildman–Crippen MR) is 129 cm³/mol. The summed E-state index contributed by atoms with van der Waals surface area (Å²) in [5, 5.41) is 3.08. The van der Waals surface area contributed by atoms with Gasteiger partial charge in [-0.2, -0.15) is 0 Å². The maximum atomic E-state index is 12.7. The molecule has 1 N–H and O–H groups in total. The highest BCUT2D eigenvalue weighted by atomic mass is 16.6. The molecule has 7 nitrogen and oxygen atoms in total. The van der Waals surface area contributed by atoms with Gasteiger partial charge in [0.05, 0.1) is 0 Å². The van der Waals surface area contributed by atoms with Crippen molar-refractivity contribution in [1.29, 1.82) is 0 Å². The molecule has 7 heteroatoms. The second kappa shape index (κ2) is 12.4. The number of piperazine rings is 1. The SMILES string of the molecule is CC(C)(C)OC(=O)N[C@@H](CCCN1CCN(C(=O)C2CCOCC2)CC1)Cc1ccccc1. The quantitative estimate of drug-likeness (QED) is 0.645. The molecule has 0 aliphatic carbocycles. The van der Waals surface area contributed by atoms with Gasteiger partial charge in [-0.1, -0.05) is 30.3 Å². The summed E-state index contributed by atoms with van der Waals surface area (Å²) in [5.41, 5.74) is 0.696. The average molecular weight is 460 g/mol. The zero-order valence-corrected chi connectivity index (χ0v) is 20.6. The monoisotopic (exact) mass is 459 g/mol. The summed E-state index contributed by atoms with van der Waals surface area (Å²) in [6.07, 6.45) is 4.01. The van der Waals surface area contributed by atoms with Crippen LogP contribution in [0.2, 0.25) is 0 Å². The Hall–Kier alpha value is -2.12. The molecule has 3 rings (SSSR count). The third-order valence-electron chi connectivity index (χ3n) is 6.33. The van der Waals surface area contributed by atoms with Gasteiger partial charge in [-0.3, -0.25) is 9.69 Å². The molecule has 0 radical (unpaired) electrons. The highest BCUT2D eigenvalue weighted by Gasteiger charge is 2.28. The fourth-order valence-corrected chi connectivity index (χ4v) is 4.55. The summed E-state index contributed by atoms with van der Waals surface area (Å²) in [6, 6.07) is 10.3. The van der Waals surface area contributed by atoms with Crippen LogP contribution in [0.25, 0.3) is 0 Å². The summed E-state index contributed by atoms with van der Waals surface area (Å²) in [4.78, 5) is 29.6. The molecule has 0 spiro atoms. The van der Waals surface area contributed by atoms with Crippen LogP contribution in [0.1, 0.15) is 52.0 Å². The number of nitrogens with one attached hydrogen (secondary N) is 1. The van der Waals surface area contributed by atoms with Crippen LogP contribution in [0, 0.1) is 5.92 Å². The van der Waals surface area contributed by atoms with Crippen molar-refractivity contribution in [3.05, 3.63) is 35.9 Å². The van der Waals surface area contributed by atoms with Gasteiger partial charge in [0.15, 0.2) is 0 Å². The number of alkyl carbamates (subject to hydrolysis) is 1. The van der Waals surface area contributed by atoms with Crippen molar-refractivity contribution < 1.29 is 19.1 Å². The first-order valence-electron chi connectivity index (χ1n) is 12.4. The van der Waals surface area contributed by atoms with E-state index in [1.807, 2.05) is 43.9 Å². The minimum absolute atomic E-state index is 0.0265. The normalized spacial score (nSPS) is 19.2. The van der Waals surface area contributed by atoms with Gasteiger partial charge in [0.1, 0.15) is 5.60 Å². The lowest BCUT2D eigenvalue weighted by Gasteiger charge is -2.37. The Labute approximate surface area is 198 Å². The lowest BCUT2D eigenvalue weighted by molar-refractivity contribution is -0.140. The Morgan fingerprint density at radius 3 is 2.39 bits per heavy atom. The predicted octanol–water partition coefficient (Wildman–Crippen LogP) is 3.47. The largest absolute Gasteiger partial charge is 0.444 e. The smallest absolute Gasteiger partial charge is 0.407 e. The number of benzene rings is 1. The van der Waals surface area contributed by atoms with Gasteiger partial charge < -0.3 is 19.7 Å². The maximum absolute atomic E-state index is 12.7. The van der Waals surface area contributed by atoms with E-state index in [9.17, 15) is 9.59 Å². The second-order valence-corrected chi connectivity index (χ2v) is 10.2. The molecular formula is C26H41N3O4. The molecule has 0 bridgehead atoms. The van der Waals surface area contributed by atoms with Gasteiger partial charge >= 0.3 is 6.09 Å². The standard InChI is InChI=1S/C26H41N3O4/c1-26(2,3)33-25(31)27-23(20-21-8-5-4-6-9-21)10-7-13-28-14-16-29(17-15-28)24(30)22-11-18-32-19-12-22/h4-6,8-9,22-23H,7,10-20H2,1-3H3,(H,27,31)/t23-/m0/s1. The van der Waals surface area contributed by atoms with Crippen molar-refractivity contribution in [3.63, 3.8) is 0 Å². The van der Waals surface area contributed by atoms with Crippen molar-refractivity contribution in [2.45, 2.75) is 64.5 Å². The number of rotatable bonds is 8. The maximum Gasteiger partial charge on any atom is 0.407 e. The van der Waals surface area contributed by atoms with Crippen LogP contribution in [-0.4, -0.2) is 79.4 Å². The summed E-state index contributed by atoms with van der Waals surface area (Å²) in [6.45, 7) is 11.5. The Bertz CT molecular complexity index is 736. The van der Waals surface area contributed by atoms with Crippen LogP contribution < -0.4 is 5.32 Å². The lowest BCUT2D eigenvalue weighted by Crippen LogP contribution is -2.51. The number of hydrogen-bond acceptors (Lipinski definition) is 5. The summed E-state index contributed by atoms with van der Waals surface area (Å²) in [5.74, 6) is 0.449. The molecule has 2 heterocycles. The number of hydrogen-bond donors (Lipinski definition) is 1. The van der Waals surface area contributed by atoms with Gasteiger partial charge in [0.25, 0.3) is 0 Å². The van der Waals surface area contributed by atoms with E-state index in [2.05, 4.69) is 22.3 Å². The Kier molecular flexibility index (Phi) is 9.56. The Morgan fingerprint density at radius 2 is 1.76 bits per heavy atom. The molecule has 0 unspecified atom stereocenters. The van der Waals surface area contributed by atoms with E-state index in [0.717, 1.165) is 64.8 Å². The van der Waals surface area contributed by atoms with E-state index < -0.39 is 5.60 Å². The first-order chi connectivity index (χ1) is 15.8. The van der Waals surface area contributed by atoms with Crippen LogP contribution in [0.4, 0.5) is 4.79 Å². The molecule has 2 aliphatic heterocycles. The van der Waals surface area contributed by atoms with Gasteiger partial charge in [-0.15, -0.1) is 0 Å².